The second-order valence-corrected chi connectivity index (χ2v) is 7.08. The Hall–Kier alpha value is -1.56. The van der Waals surface area contributed by atoms with E-state index >= 15 is 0 Å². The first-order chi connectivity index (χ1) is 10.4. The van der Waals surface area contributed by atoms with Crippen molar-refractivity contribution in [2.75, 3.05) is 13.2 Å². The summed E-state index contributed by atoms with van der Waals surface area (Å²) in [6, 6.07) is 11.9. The van der Waals surface area contributed by atoms with Crippen LogP contribution in [0.25, 0.3) is 0 Å². The molecule has 2 aromatic carbocycles. The van der Waals surface area contributed by atoms with Gasteiger partial charge in [0, 0.05) is 11.6 Å². The largest absolute Gasteiger partial charge is 0.492 e. The molecule has 0 atom stereocenters. The van der Waals surface area contributed by atoms with Crippen LogP contribution in [0.2, 0.25) is 5.02 Å². The van der Waals surface area contributed by atoms with Gasteiger partial charge in [-0.15, -0.1) is 0 Å². The quantitative estimate of drug-likeness (QED) is 0.821. The highest BCUT2D eigenvalue weighted by Gasteiger charge is 2.12. The summed E-state index contributed by atoms with van der Waals surface area (Å²) >= 11 is 6.09. The van der Waals surface area contributed by atoms with E-state index in [-0.39, 0.29) is 18.0 Å². The third kappa shape index (κ3) is 4.22. The lowest BCUT2D eigenvalue weighted by Gasteiger charge is -2.11. The summed E-state index contributed by atoms with van der Waals surface area (Å²) in [5.74, 6) is 0.679. The van der Waals surface area contributed by atoms with Crippen molar-refractivity contribution in [2.45, 2.75) is 18.7 Å². The molecular weight excluding hydrogens is 322 g/mol. The zero-order valence-corrected chi connectivity index (χ0v) is 14.0. The van der Waals surface area contributed by atoms with Crippen LogP contribution in [0, 0.1) is 13.8 Å². The molecule has 22 heavy (non-hydrogen) atoms. The van der Waals surface area contributed by atoms with Gasteiger partial charge in [0.2, 0.25) is 10.0 Å². The van der Waals surface area contributed by atoms with Crippen molar-refractivity contribution in [3.63, 3.8) is 0 Å². The Morgan fingerprint density at radius 3 is 2.27 bits per heavy atom. The van der Waals surface area contributed by atoms with Gasteiger partial charge < -0.3 is 4.74 Å². The fraction of sp³-hybridized carbons (Fsp3) is 0.250. The number of halogens is 1. The zero-order valence-electron chi connectivity index (χ0n) is 12.5. The molecule has 0 amide bonds. The Kier molecular flexibility index (Phi) is 5.45. The maximum Gasteiger partial charge on any atom is 0.240 e. The number of hydrogen-bond acceptors (Lipinski definition) is 3. The SMILES string of the molecule is Cc1cc(OCCNS(=O)(=O)c2ccccc2)cc(C)c1Cl. The van der Waals surface area contributed by atoms with E-state index in [1.54, 1.807) is 30.3 Å². The van der Waals surface area contributed by atoms with Crippen LogP contribution in [0.4, 0.5) is 0 Å². The molecule has 0 aliphatic heterocycles. The third-order valence-corrected chi connectivity index (χ3v) is 5.20. The number of sulfonamides is 1. The number of aryl methyl sites for hydroxylation is 2. The van der Waals surface area contributed by atoms with E-state index < -0.39 is 10.0 Å². The molecule has 1 N–H and O–H groups in total. The molecule has 2 aromatic rings. The molecule has 0 spiro atoms. The number of rotatable bonds is 6. The summed E-state index contributed by atoms with van der Waals surface area (Å²) < 4.78 is 32.1. The lowest BCUT2D eigenvalue weighted by Crippen LogP contribution is -2.28. The predicted molar refractivity (Wildman–Crippen MR) is 88.1 cm³/mol. The van der Waals surface area contributed by atoms with Crippen LogP contribution in [0.15, 0.2) is 47.4 Å². The van der Waals surface area contributed by atoms with Crippen molar-refractivity contribution in [1.29, 1.82) is 0 Å². The summed E-state index contributed by atoms with van der Waals surface area (Å²) in [5, 5.41) is 0.720. The number of nitrogens with one attached hydrogen (secondary N) is 1. The van der Waals surface area contributed by atoms with Crippen molar-refractivity contribution in [1.82, 2.24) is 4.72 Å². The van der Waals surface area contributed by atoms with E-state index in [4.69, 9.17) is 16.3 Å². The minimum atomic E-state index is -3.49. The predicted octanol–water partition coefficient (Wildman–Crippen LogP) is 3.31. The molecule has 0 aliphatic rings. The van der Waals surface area contributed by atoms with Gasteiger partial charge in [0.25, 0.3) is 0 Å². The van der Waals surface area contributed by atoms with Gasteiger partial charge in [-0.1, -0.05) is 29.8 Å². The van der Waals surface area contributed by atoms with Crippen LogP contribution >= 0.6 is 11.6 Å². The van der Waals surface area contributed by atoms with Gasteiger partial charge in [0.05, 0.1) is 4.90 Å². The monoisotopic (exact) mass is 339 g/mol. The van der Waals surface area contributed by atoms with Gasteiger partial charge in [0.1, 0.15) is 12.4 Å². The maximum absolute atomic E-state index is 12.0. The summed E-state index contributed by atoms with van der Waals surface area (Å²) in [7, 11) is -3.49. The van der Waals surface area contributed by atoms with Crippen molar-refractivity contribution < 1.29 is 13.2 Å². The smallest absolute Gasteiger partial charge is 0.240 e. The summed E-state index contributed by atoms with van der Waals surface area (Å²) in [6.45, 7) is 4.24. The molecule has 6 heteroatoms. The number of ether oxygens (including phenoxy) is 1. The Morgan fingerprint density at radius 2 is 1.68 bits per heavy atom. The van der Waals surface area contributed by atoms with Crippen LogP contribution < -0.4 is 9.46 Å². The highest BCUT2D eigenvalue weighted by atomic mass is 35.5. The first kappa shape index (κ1) is 16.8. The van der Waals surface area contributed by atoms with Gasteiger partial charge in [0.15, 0.2) is 0 Å². The lowest BCUT2D eigenvalue weighted by molar-refractivity contribution is 0.322. The average molecular weight is 340 g/mol. The van der Waals surface area contributed by atoms with E-state index in [0.29, 0.717) is 5.75 Å². The third-order valence-electron chi connectivity index (χ3n) is 3.13. The van der Waals surface area contributed by atoms with Crippen molar-refractivity contribution in [2.24, 2.45) is 0 Å². The van der Waals surface area contributed by atoms with Gasteiger partial charge >= 0.3 is 0 Å². The standard InChI is InChI=1S/C16H18ClNO3S/c1-12-10-14(11-13(2)16(12)17)21-9-8-18-22(19,20)15-6-4-3-5-7-15/h3-7,10-11,18H,8-9H2,1-2H3. The number of hydrogen-bond donors (Lipinski definition) is 1. The van der Waals surface area contributed by atoms with Crippen LogP contribution in [0.3, 0.4) is 0 Å². The maximum atomic E-state index is 12.0. The zero-order chi connectivity index (χ0) is 16.2. The van der Waals surface area contributed by atoms with Gasteiger partial charge in [-0.3, -0.25) is 0 Å². The van der Waals surface area contributed by atoms with Crippen LogP contribution in [-0.4, -0.2) is 21.6 Å². The van der Waals surface area contributed by atoms with Crippen LogP contribution in [-0.2, 0) is 10.0 Å². The summed E-state index contributed by atoms with van der Waals surface area (Å²) in [6.07, 6.45) is 0. The second kappa shape index (κ2) is 7.13. The van der Waals surface area contributed by atoms with E-state index in [1.807, 2.05) is 26.0 Å². The lowest BCUT2D eigenvalue weighted by atomic mass is 10.1. The molecule has 0 bridgehead atoms. The van der Waals surface area contributed by atoms with Crippen LogP contribution in [0.1, 0.15) is 11.1 Å². The molecule has 0 unspecified atom stereocenters. The Bertz CT molecular complexity index is 722. The Morgan fingerprint density at radius 1 is 1.09 bits per heavy atom. The molecule has 0 aliphatic carbocycles. The van der Waals surface area contributed by atoms with Crippen molar-refractivity contribution >= 4 is 21.6 Å². The summed E-state index contributed by atoms with van der Waals surface area (Å²) in [5.41, 5.74) is 1.86. The fourth-order valence-corrected chi connectivity index (χ4v) is 3.16. The summed E-state index contributed by atoms with van der Waals surface area (Å²) in [4.78, 5) is 0.244. The van der Waals surface area contributed by atoms with Crippen molar-refractivity contribution in [3.8, 4) is 5.75 Å². The number of benzene rings is 2. The molecular formula is C16H18ClNO3S. The van der Waals surface area contributed by atoms with Gasteiger partial charge in [-0.25, -0.2) is 13.1 Å². The average Bonchev–Trinajstić information content (AvgIpc) is 2.50. The molecule has 0 heterocycles. The molecule has 2 rings (SSSR count). The Labute approximate surface area is 136 Å². The van der Waals surface area contributed by atoms with E-state index in [0.717, 1.165) is 16.1 Å². The first-order valence-corrected chi connectivity index (χ1v) is 8.70. The van der Waals surface area contributed by atoms with E-state index in [9.17, 15) is 8.42 Å². The normalized spacial score (nSPS) is 11.4. The topological polar surface area (TPSA) is 55.4 Å². The molecule has 0 saturated carbocycles. The first-order valence-electron chi connectivity index (χ1n) is 6.84. The van der Waals surface area contributed by atoms with Crippen LogP contribution in [0.5, 0.6) is 5.75 Å². The molecule has 4 nitrogen and oxygen atoms in total. The second-order valence-electron chi connectivity index (χ2n) is 4.93. The minimum absolute atomic E-state index is 0.192. The van der Waals surface area contributed by atoms with Gasteiger partial charge in [-0.2, -0.15) is 0 Å². The van der Waals surface area contributed by atoms with Gasteiger partial charge in [-0.05, 0) is 49.2 Å². The highest BCUT2D eigenvalue weighted by molar-refractivity contribution is 7.89. The van der Waals surface area contributed by atoms with E-state index in [2.05, 4.69) is 4.72 Å². The van der Waals surface area contributed by atoms with Crippen molar-refractivity contribution in [3.05, 3.63) is 58.6 Å². The molecule has 0 saturated heterocycles. The molecule has 0 fully saturated rings. The Balaban J connectivity index is 1.90. The highest BCUT2D eigenvalue weighted by Crippen LogP contribution is 2.25. The molecule has 0 aromatic heterocycles. The molecule has 118 valence electrons. The minimum Gasteiger partial charge on any atom is -0.492 e. The van der Waals surface area contributed by atoms with E-state index in [1.165, 1.54) is 0 Å². The fourth-order valence-electron chi connectivity index (χ4n) is 2.02. The molecule has 0 radical (unpaired) electrons.